The van der Waals surface area contributed by atoms with Crippen LogP contribution in [-0.4, -0.2) is 9.38 Å². The molecular weight excluding hydrogens is 256 g/mol. The molecule has 2 nitrogen and oxygen atoms in total. The lowest BCUT2D eigenvalue weighted by Gasteiger charge is -2.03. The molecule has 0 N–H and O–H groups in total. The number of fused-ring (bicyclic) bond motifs is 3. The van der Waals surface area contributed by atoms with E-state index in [1.807, 2.05) is 30.5 Å². The van der Waals surface area contributed by atoms with Crippen LogP contribution >= 0.6 is 0 Å². The minimum atomic E-state index is 1.01. The van der Waals surface area contributed by atoms with Gasteiger partial charge in [-0.3, -0.25) is 4.98 Å². The van der Waals surface area contributed by atoms with E-state index in [9.17, 15) is 0 Å². The molecule has 0 radical (unpaired) electrons. The van der Waals surface area contributed by atoms with Crippen LogP contribution in [-0.2, 0) is 0 Å². The minimum absolute atomic E-state index is 1.01. The molecule has 2 aromatic heterocycles. The third kappa shape index (κ3) is 2.21. The number of benzene rings is 2. The van der Waals surface area contributed by atoms with Crippen molar-refractivity contribution in [3.8, 4) is 0 Å². The monoisotopic (exact) mass is 270 g/mol. The SMILES string of the molecule is C(=Cc1ccc2ncc3cccn3c2c1)c1ccccc1. The maximum absolute atomic E-state index is 4.50. The molecule has 0 amide bonds. The van der Waals surface area contributed by atoms with E-state index in [2.05, 4.69) is 64.1 Å². The first-order valence-electron chi connectivity index (χ1n) is 6.99. The first-order valence-corrected chi connectivity index (χ1v) is 6.99. The molecule has 0 aliphatic rings. The zero-order chi connectivity index (χ0) is 14.1. The Kier molecular flexibility index (Phi) is 2.79. The summed E-state index contributed by atoms with van der Waals surface area (Å²) in [7, 11) is 0. The van der Waals surface area contributed by atoms with Crippen molar-refractivity contribution < 1.29 is 0 Å². The molecule has 0 aliphatic carbocycles. The Bertz CT molecular complexity index is 934. The molecule has 0 saturated heterocycles. The highest BCUT2D eigenvalue weighted by Gasteiger charge is 2.01. The molecule has 4 aromatic rings. The van der Waals surface area contributed by atoms with Crippen molar-refractivity contribution >= 4 is 28.7 Å². The second kappa shape index (κ2) is 4.91. The fourth-order valence-corrected chi connectivity index (χ4v) is 2.56. The van der Waals surface area contributed by atoms with E-state index in [4.69, 9.17) is 0 Å². The Labute approximate surface area is 123 Å². The van der Waals surface area contributed by atoms with Crippen molar-refractivity contribution in [2.75, 3.05) is 0 Å². The maximum atomic E-state index is 4.50. The van der Waals surface area contributed by atoms with E-state index in [1.54, 1.807) is 0 Å². The van der Waals surface area contributed by atoms with Crippen molar-refractivity contribution in [1.82, 2.24) is 9.38 Å². The molecule has 2 heteroatoms. The quantitative estimate of drug-likeness (QED) is 0.484. The summed E-state index contributed by atoms with van der Waals surface area (Å²) in [4.78, 5) is 4.50. The summed E-state index contributed by atoms with van der Waals surface area (Å²) >= 11 is 0. The molecule has 0 unspecified atom stereocenters. The van der Waals surface area contributed by atoms with Gasteiger partial charge in [-0.25, -0.2) is 0 Å². The minimum Gasteiger partial charge on any atom is -0.314 e. The van der Waals surface area contributed by atoms with Gasteiger partial charge in [0.15, 0.2) is 0 Å². The first-order chi connectivity index (χ1) is 10.4. The van der Waals surface area contributed by atoms with E-state index < -0.39 is 0 Å². The Hall–Kier alpha value is -2.87. The lowest BCUT2D eigenvalue weighted by atomic mass is 10.1. The molecule has 100 valence electrons. The molecule has 0 atom stereocenters. The lowest BCUT2D eigenvalue weighted by molar-refractivity contribution is 1.23. The number of aromatic nitrogens is 2. The van der Waals surface area contributed by atoms with Crippen LogP contribution in [0.1, 0.15) is 11.1 Å². The third-order valence-corrected chi connectivity index (χ3v) is 3.64. The Balaban J connectivity index is 1.81. The van der Waals surface area contributed by atoms with Crippen LogP contribution in [0.5, 0.6) is 0 Å². The standard InChI is InChI=1S/C19H14N2/c1-2-5-15(6-3-1)8-9-16-10-11-18-19(13-16)21-12-4-7-17(21)14-20-18/h1-14H. The zero-order valence-electron chi connectivity index (χ0n) is 11.5. The van der Waals surface area contributed by atoms with E-state index in [1.165, 1.54) is 11.1 Å². The number of hydrogen-bond donors (Lipinski definition) is 0. The molecular formula is C19H14N2. The summed E-state index contributed by atoms with van der Waals surface area (Å²) < 4.78 is 2.17. The molecule has 0 aliphatic heterocycles. The fourth-order valence-electron chi connectivity index (χ4n) is 2.56. The predicted octanol–water partition coefficient (Wildman–Crippen LogP) is 4.66. The van der Waals surface area contributed by atoms with Crippen LogP contribution in [0.4, 0.5) is 0 Å². The van der Waals surface area contributed by atoms with Gasteiger partial charge in [0.2, 0.25) is 0 Å². The van der Waals surface area contributed by atoms with Gasteiger partial charge in [-0.15, -0.1) is 0 Å². The summed E-state index contributed by atoms with van der Waals surface area (Å²) in [5.74, 6) is 0. The van der Waals surface area contributed by atoms with Gasteiger partial charge >= 0.3 is 0 Å². The van der Waals surface area contributed by atoms with Crippen molar-refractivity contribution in [3.05, 3.63) is 84.2 Å². The lowest BCUT2D eigenvalue weighted by Crippen LogP contribution is -1.89. The molecule has 0 bridgehead atoms. The van der Waals surface area contributed by atoms with Crippen molar-refractivity contribution in [2.24, 2.45) is 0 Å². The Morgan fingerprint density at radius 2 is 1.67 bits per heavy atom. The van der Waals surface area contributed by atoms with Gasteiger partial charge in [0, 0.05) is 6.20 Å². The van der Waals surface area contributed by atoms with Gasteiger partial charge in [-0.2, -0.15) is 0 Å². The van der Waals surface area contributed by atoms with Gasteiger partial charge in [0.25, 0.3) is 0 Å². The molecule has 0 spiro atoms. The number of nitrogens with zero attached hydrogens (tertiary/aromatic N) is 2. The highest BCUT2D eigenvalue weighted by atomic mass is 14.9. The van der Waals surface area contributed by atoms with Crippen LogP contribution < -0.4 is 0 Å². The Morgan fingerprint density at radius 1 is 0.810 bits per heavy atom. The van der Waals surface area contributed by atoms with Crippen LogP contribution in [0.15, 0.2) is 73.1 Å². The molecule has 21 heavy (non-hydrogen) atoms. The molecule has 2 heterocycles. The smallest absolute Gasteiger partial charge is 0.0871 e. The third-order valence-electron chi connectivity index (χ3n) is 3.64. The molecule has 4 rings (SSSR count). The fraction of sp³-hybridized carbons (Fsp3) is 0. The summed E-state index contributed by atoms with van der Waals surface area (Å²) in [6, 6.07) is 20.8. The highest BCUT2D eigenvalue weighted by Crippen LogP contribution is 2.18. The average molecular weight is 270 g/mol. The summed E-state index contributed by atoms with van der Waals surface area (Å²) in [6.45, 7) is 0. The van der Waals surface area contributed by atoms with Gasteiger partial charge < -0.3 is 4.40 Å². The second-order valence-corrected chi connectivity index (χ2v) is 5.05. The van der Waals surface area contributed by atoms with Gasteiger partial charge in [0.05, 0.1) is 22.7 Å². The average Bonchev–Trinajstić information content (AvgIpc) is 3.03. The van der Waals surface area contributed by atoms with E-state index >= 15 is 0 Å². The predicted molar refractivity (Wildman–Crippen MR) is 88.1 cm³/mol. The Morgan fingerprint density at radius 3 is 2.57 bits per heavy atom. The summed E-state index contributed by atoms with van der Waals surface area (Å²) in [5.41, 5.74) is 5.64. The highest BCUT2D eigenvalue weighted by molar-refractivity contribution is 5.82. The van der Waals surface area contributed by atoms with Crippen molar-refractivity contribution in [1.29, 1.82) is 0 Å². The van der Waals surface area contributed by atoms with E-state index in [-0.39, 0.29) is 0 Å². The normalized spacial score (nSPS) is 11.6. The summed E-state index contributed by atoms with van der Waals surface area (Å²) in [6.07, 6.45) is 8.24. The van der Waals surface area contributed by atoms with Crippen molar-refractivity contribution in [3.63, 3.8) is 0 Å². The zero-order valence-corrected chi connectivity index (χ0v) is 11.5. The second-order valence-electron chi connectivity index (χ2n) is 5.05. The first kappa shape index (κ1) is 11.9. The molecule has 0 fully saturated rings. The summed E-state index contributed by atoms with van der Waals surface area (Å²) in [5, 5.41) is 0. The van der Waals surface area contributed by atoms with Crippen LogP contribution in [0, 0.1) is 0 Å². The van der Waals surface area contributed by atoms with Crippen LogP contribution in [0.2, 0.25) is 0 Å². The van der Waals surface area contributed by atoms with Gasteiger partial charge in [0.1, 0.15) is 0 Å². The van der Waals surface area contributed by atoms with Crippen LogP contribution in [0.3, 0.4) is 0 Å². The van der Waals surface area contributed by atoms with Gasteiger partial charge in [-0.1, -0.05) is 48.6 Å². The molecule has 0 saturated carbocycles. The largest absolute Gasteiger partial charge is 0.314 e. The van der Waals surface area contributed by atoms with E-state index in [0.717, 1.165) is 16.6 Å². The number of hydrogen-bond acceptors (Lipinski definition) is 1. The van der Waals surface area contributed by atoms with Gasteiger partial charge in [-0.05, 0) is 35.4 Å². The topological polar surface area (TPSA) is 17.3 Å². The van der Waals surface area contributed by atoms with Crippen molar-refractivity contribution in [2.45, 2.75) is 0 Å². The maximum Gasteiger partial charge on any atom is 0.0871 e. The van der Waals surface area contributed by atoms with E-state index in [0.29, 0.717) is 0 Å². The van der Waals surface area contributed by atoms with Crippen LogP contribution in [0.25, 0.3) is 28.7 Å². The molecule has 2 aromatic carbocycles. The number of rotatable bonds is 2.